The van der Waals surface area contributed by atoms with E-state index in [1.165, 1.54) is 29.7 Å². The molecular weight excluding hydrogens is 406 g/mol. The summed E-state index contributed by atoms with van der Waals surface area (Å²) in [6.07, 6.45) is 3.25. The third kappa shape index (κ3) is 2.80. The van der Waals surface area contributed by atoms with Crippen LogP contribution in [0.5, 0.6) is 0 Å². The Morgan fingerprint density at radius 2 is 2.33 bits per heavy atom. The molecule has 0 amide bonds. The first-order chi connectivity index (χ1) is 10.1. The average Bonchev–Trinajstić information content (AvgIpc) is 3.03. The molecule has 7 heteroatoms. The number of ether oxygens (including phenoxy) is 1. The van der Waals surface area contributed by atoms with Gasteiger partial charge in [0.15, 0.2) is 10.7 Å². The summed E-state index contributed by atoms with van der Waals surface area (Å²) >= 11 is 3.56. The highest BCUT2D eigenvalue weighted by molar-refractivity contribution is 14.1. The molecule has 21 heavy (non-hydrogen) atoms. The fraction of sp³-hybridized carbons (Fsp3) is 0.143. The number of nitrogens with zero attached hydrogens (tertiary/aromatic N) is 2. The van der Waals surface area contributed by atoms with Crippen molar-refractivity contribution in [3.05, 3.63) is 56.1 Å². The molecule has 3 rings (SSSR count). The third-order valence-electron chi connectivity index (χ3n) is 3.01. The highest BCUT2D eigenvalue weighted by atomic mass is 127. The molecule has 0 aliphatic carbocycles. The number of hydrogen-bond donors (Lipinski definition) is 0. The van der Waals surface area contributed by atoms with Crippen molar-refractivity contribution in [2.24, 2.45) is 0 Å². The molecule has 0 saturated heterocycles. The summed E-state index contributed by atoms with van der Waals surface area (Å²) in [5.74, 6) is -0.804. The maximum atomic E-state index is 13.4. The van der Waals surface area contributed by atoms with E-state index in [1.54, 1.807) is 10.6 Å². The van der Waals surface area contributed by atoms with E-state index < -0.39 is 5.97 Å². The molecule has 0 radical (unpaired) electrons. The van der Waals surface area contributed by atoms with Gasteiger partial charge in [0, 0.05) is 20.7 Å². The van der Waals surface area contributed by atoms with Crippen molar-refractivity contribution < 1.29 is 13.9 Å². The molecule has 0 spiro atoms. The number of aromatic nitrogens is 2. The summed E-state index contributed by atoms with van der Waals surface area (Å²) in [6, 6.07) is 2.84. The molecule has 2 heterocycles. The van der Waals surface area contributed by atoms with E-state index in [4.69, 9.17) is 4.74 Å². The monoisotopic (exact) mass is 416 g/mol. The van der Waals surface area contributed by atoms with Gasteiger partial charge in [0.1, 0.15) is 12.4 Å². The first kappa shape index (κ1) is 14.5. The Labute approximate surface area is 137 Å². The first-order valence-electron chi connectivity index (χ1n) is 6.08. The second kappa shape index (κ2) is 5.72. The van der Waals surface area contributed by atoms with Gasteiger partial charge in [0.05, 0.1) is 6.20 Å². The normalized spacial score (nSPS) is 11.0. The molecule has 0 fully saturated rings. The predicted molar refractivity (Wildman–Crippen MR) is 86.0 cm³/mol. The van der Waals surface area contributed by atoms with Gasteiger partial charge in [-0.05, 0) is 47.2 Å². The minimum atomic E-state index is -0.474. The van der Waals surface area contributed by atoms with Crippen molar-refractivity contribution in [1.29, 1.82) is 0 Å². The van der Waals surface area contributed by atoms with E-state index in [0.29, 0.717) is 11.3 Å². The summed E-state index contributed by atoms with van der Waals surface area (Å²) in [6.45, 7) is 1.86. The number of halogens is 2. The Bertz CT molecular complexity index is 828. The first-order valence-corrected chi connectivity index (χ1v) is 8.04. The standard InChI is InChI=1S/C14H10FIN2O2S/c1-8-4-10(15)5-9(12(8)16)7-20-13(19)11-6-17-14-18(11)2-3-21-14/h2-6H,7H2,1H3. The molecule has 0 aliphatic heterocycles. The van der Waals surface area contributed by atoms with Crippen LogP contribution in [0.15, 0.2) is 29.9 Å². The lowest BCUT2D eigenvalue weighted by atomic mass is 10.1. The van der Waals surface area contributed by atoms with Crippen LogP contribution in [0.3, 0.4) is 0 Å². The molecule has 108 valence electrons. The Balaban J connectivity index is 1.79. The van der Waals surface area contributed by atoms with Crippen LogP contribution in [0.1, 0.15) is 21.6 Å². The van der Waals surface area contributed by atoms with Gasteiger partial charge in [-0.3, -0.25) is 4.40 Å². The van der Waals surface area contributed by atoms with Gasteiger partial charge in [0.25, 0.3) is 0 Å². The van der Waals surface area contributed by atoms with Gasteiger partial charge < -0.3 is 4.74 Å². The SMILES string of the molecule is Cc1cc(F)cc(COC(=O)c2cnc3sccn23)c1I. The molecule has 0 unspecified atom stereocenters. The van der Waals surface area contributed by atoms with Crippen LogP contribution in [0.2, 0.25) is 0 Å². The Morgan fingerprint density at radius 1 is 1.52 bits per heavy atom. The number of fused-ring (bicyclic) bond motifs is 1. The van der Waals surface area contributed by atoms with Gasteiger partial charge in [0.2, 0.25) is 0 Å². The van der Waals surface area contributed by atoms with Crippen LogP contribution in [0.4, 0.5) is 4.39 Å². The lowest BCUT2D eigenvalue weighted by Crippen LogP contribution is -2.08. The molecule has 0 N–H and O–H groups in total. The predicted octanol–water partition coefficient (Wildman–Crippen LogP) is 3.80. The highest BCUT2D eigenvalue weighted by Gasteiger charge is 2.15. The number of thiazole rings is 1. The fourth-order valence-electron chi connectivity index (χ4n) is 2.00. The van der Waals surface area contributed by atoms with Crippen LogP contribution < -0.4 is 0 Å². The number of aryl methyl sites for hydroxylation is 1. The maximum absolute atomic E-state index is 13.4. The number of esters is 1. The zero-order chi connectivity index (χ0) is 15.0. The molecule has 0 saturated carbocycles. The zero-order valence-corrected chi connectivity index (χ0v) is 13.9. The van der Waals surface area contributed by atoms with Crippen LogP contribution >= 0.6 is 33.9 Å². The largest absolute Gasteiger partial charge is 0.456 e. The Morgan fingerprint density at radius 3 is 3.14 bits per heavy atom. The molecule has 2 aromatic heterocycles. The third-order valence-corrected chi connectivity index (χ3v) is 5.32. The Hall–Kier alpha value is -1.48. The summed E-state index contributed by atoms with van der Waals surface area (Å²) in [5, 5.41) is 1.85. The van der Waals surface area contributed by atoms with Crippen LogP contribution in [0.25, 0.3) is 4.96 Å². The molecule has 0 aliphatic rings. The molecule has 0 bridgehead atoms. The molecule has 3 aromatic rings. The lowest BCUT2D eigenvalue weighted by molar-refractivity contribution is 0.0463. The second-order valence-corrected chi connectivity index (χ2v) is 6.42. The molecule has 1 aromatic carbocycles. The van der Waals surface area contributed by atoms with E-state index in [2.05, 4.69) is 27.6 Å². The van der Waals surface area contributed by atoms with Crippen molar-refractivity contribution >= 4 is 44.9 Å². The minimum Gasteiger partial charge on any atom is -0.456 e. The smallest absolute Gasteiger partial charge is 0.357 e. The number of carbonyl (C=O) groups is 1. The van der Waals surface area contributed by atoms with E-state index in [9.17, 15) is 9.18 Å². The topological polar surface area (TPSA) is 43.6 Å². The van der Waals surface area contributed by atoms with Gasteiger partial charge in [-0.25, -0.2) is 14.2 Å². The quantitative estimate of drug-likeness (QED) is 0.482. The summed E-state index contributed by atoms with van der Waals surface area (Å²) in [7, 11) is 0. The molecule has 0 atom stereocenters. The second-order valence-electron chi connectivity index (χ2n) is 4.47. The average molecular weight is 416 g/mol. The number of benzene rings is 1. The van der Waals surface area contributed by atoms with Crippen molar-refractivity contribution in [2.45, 2.75) is 13.5 Å². The fourth-order valence-corrected chi connectivity index (χ4v) is 3.15. The van der Waals surface area contributed by atoms with Gasteiger partial charge in [-0.1, -0.05) is 0 Å². The summed E-state index contributed by atoms with van der Waals surface area (Å²) in [5.41, 5.74) is 1.85. The number of carbonyl (C=O) groups excluding carboxylic acids is 1. The highest BCUT2D eigenvalue weighted by Crippen LogP contribution is 2.20. The lowest BCUT2D eigenvalue weighted by Gasteiger charge is -2.08. The van der Waals surface area contributed by atoms with Gasteiger partial charge in [-0.2, -0.15) is 0 Å². The number of imidazole rings is 1. The van der Waals surface area contributed by atoms with Crippen molar-refractivity contribution in [3.63, 3.8) is 0 Å². The molecule has 4 nitrogen and oxygen atoms in total. The van der Waals surface area contributed by atoms with Crippen molar-refractivity contribution in [1.82, 2.24) is 9.38 Å². The zero-order valence-electron chi connectivity index (χ0n) is 11.0. The summed E-state index contributed by atoms with van der Waals surface area (Å²) < 4.78 is 21.3. The number of hydrogen-bond acceptors (Lipinski definition) is 4. The van der Waals surface area contributed by atoms with Crippen molar-refractivity contribution in [2.75, 3.05) is 0 Å². The van der Waals surface area contributed by atoms with E-state index in [0.717, 1.165) is 14.1 Å². The summed E-state index contributed by atoms with van der Waals surface area (Å²) in [4.78, 5) is 17.0. The molecular formula is C14H10FIN2O2S. The van der Waals surface area contributed by atoms with Crippen LogP contribution in [-0.4, -0.2) is 15.4 Å². The maximum Gasteiger partial charge on any atom is 0.357 e. The number of rotatable bonds is 3. The van der Waals surface area contributed by atoms with Crippen molar-refractivity contribution in [3.8, 4) is 0 Å². The van der Waals surface area contributed by atoms with E-state index >= 15 is 0 Å². The van der Waals surface area contributed by atoms with Crippen LogP contribution in [-0.2, 0) is 11.3 Å². The minimum absolute atomic E-state index is 0.0348. The Kier molecular flexibility index (Phi) is 3.94. The van der Waals surface area contributed by atoms with E-state index in [-0.39, 0.29) is 12.4 Å². The van der Waals surface area contributed by atoms with Gasteiger partial charge in [-0.15, -0.1) is 11.3 Å². The van der Waals surface area contributed by atoms with E-state index in [1.807, 2.05) is 12.3 Å². The van der Waals surface area contributed by atoms with Gasteiger partial charge >= 0.3 is 5.97 Å². The van der Waals surface area contributed by atoms with Crippen LogP contribution in [0, 0.1) is 16.3 Å².